The first-order chi connectivity index (χ1) is 6.70. The number of nitrogens with zero attached hydrogens (tertiary/aromatic N) is 2. The molecule has 2 heterocycles. The molecule has 1 atom stereocenters. The van der Waals surface area contributed by atoms with E-state index in [0.29, 0.717) is 17.0 Å². The molecule has 0 radical (unpaired) electrons. The second-order valence-electron chi connectivity index (χ2n) is 2.52. The molecule has 0 spiro atoms. The lowest BCUT2D eigenvalue weighted by molar-refractivity contribution is 0.399. The average molecular weight is 213 g/mol. The fraction of sp³-hybridized carbons (Fsp3) is 0.143. The summed E-state index contributed by atoms with van der Waals surface area (Å²) in [6.07, 6.45) is 0. The van der Waals surface area contributed by atoms with E-state index in [-0.39, 0.29) is 5.16 Å². The van der Waals surface area contributed by atoms with Crippen molar-refractivity contribution in [3.63, 3.8) is 0 Å². The fourth-order valence-electron chi connectivity index (χ4n) is 1.05. The number of fused-ring (bicyclic) bond motifs is 1. The van der Waals surface area contributed by atoms with Gasteiger partial charge in [0.2, 0.25) is 22.1 Å². The van der Waals surface area contributed by atoms with Gasteiger partial charge in [-0.2, -0.15) is 9.97 Å². The van der Waals surface area contributed by atoms with Gasteiger partial charge in [-0.25, -0.2) is 4.21 Å². The van der Waals surface area contributed by atoms with E-state index in [1.165, 1.54) is 7.11 Å². The van der Waals surface area contributed by atoms with Gasteiger partial charge in [0.05, 0.1) is 12.6 Å². The molecule has 2 rings (SSSR count). The van der Waals surface area contributed by atoms with E-state index >= 15 is 0 Å². The number of aromatic amines is 1. The van der Waals surface area contributed by atoms with Crippen LogP contribution in [0.25, 0.3) is 11.2 Å². The van der Waals surface area contributed by atoms with E-state index in [4.69, 9.17) is 9.29 Å². The molecule has 2 N–H and O–H groups in total. The Balaban J connectivity index is 2.60. The van der Waals surface area contributed by atoms with Crippen LogP contribution < -0.4 is 4.74 Å². The number of aromatic nitrogens is 3. The Morgan fingerprint density at radius 2 is 2.29 bits per heavy atom. The molecule has 6 nitrogen and oxygen atoms in total. The molecule has 0 amide bonds. The van der Waals surface area contributed by atoms with Crippen molar-refractivity contribution in [2.75, 3.05) is 7.11 Å². The lowest BCUT2D eigenvalue weighted by Gasteiger charge is -1.95. The highest BCUT2D eigenvalue weighted by Gasteiger charge is 2.08. The highest BCUT2D eigenvalue weighted by Crippen LogP contribution is 2.14. The van der Waals surface area contributed by atoms with Gasteiger partial charge in [0, 0.05) is 6.07 Å². The van der Waals surface area contributed by atoms with Crippen LogP contribution in [0.1, 0.15) is 0 Å². The van der Waals surface area contributed by atoms with Gasteiger partial charge in [0.25, 0.3) is 0 Å². The van der Waals surface area contributed by atoms with Crippen LogP contribution >= 0.6 is 0 Å². The summed E-state index contributed by atoms with van der Waals surface area (Å²) in [5, 5.41) is -0.0132. The normalized spacial score (nSPS) is 13.0. The Hall–Kier alpha value is -1.47. The lowest BCUT2D eigenvalue weighted by atomic mass is 10.4. The number of rotatable bonds is 2. The van der Waals surface area contributed by atoms with E-state index in [1.807, 2.05) is 0 Å². The number of H-pyrrole nitrogens is 1. The number of pyridine rings is 1. The Morgan fingerprint density at radius 1 is 1.50 bits per heavy atom. The van der Waals surface area contributed by atoms with Crippen LogP contribution in [0.4, 0.5) is 0 Å². The second-order valence-corrected chi connectivity index (χ2v) is 3.40. The molecule has 0 aliphatic carbocycles. The minimum Gasteiger partial charge on any atom is -0.481 e. The van der Waals surface area contributed by atoms with Gasteiger partial charge >= 0.3 is 0 Å². The molecule has 0 saturated heterocycles. The van der Waals surface area contributed by atoms with E-state index < -0.39 is 11.1 Å². The largest absolute Gasteiger partial charge is 0.481 e. The van der Waals surface area contributed by atoms with E-state index in [2.05, 4.69) is 15.0 Å². The van der Waals surface area contributed by atoms with Crippen molar-refractivity contribution in [3.05, 3.63) is 12.1 Å². The van der Waals surface area contributed by atoms with Gasteiger partial charge in [-0.1, -0.05) is 0 Å². The first-order valence-electron chi connectivity index (χ1n) is 3.72. The van der Waals surface area contributed by atoms with Crippen molar-refractivity contribution in [1.29, 1.82) is 0 Å². The van der Waals surface area contributed by atoms with Crippen LogP contribution in [0.2, 0.25) is 0 Å². The van der Waals surface area contributed by atoms with Crippen molar-refractivity contribution in [1.82, 2.24) is 15.0 Å². The number of nitrogens with one attached hydrogen (secondary N) is 1. The van der Waals surface area contributed by atoms with Gasteiger partial charge in [-0.15, -0.1) is 0 Å². The van der Waals surface area contributed by atoms with E-state index in [9.17, 15) is 4.21 Å². The molecular formula is C7H7N3O3S. The van der Waals surface area contributed by atoms with E-state index in [0.717, 1.165) is 0 Å². The highest BCUT2D eigenvalue weighted by atomic mass is 32.2. The maximum Gasteiger partial charge on any atom is 0.227 e. The smallest absolute Gasteiger partial charge is 0.227 e. The van der Waals surface area contributed by atoms with Gasteiger partial charge in [-0.05, 0) is 6.07 Å². The summed E-state index contributed by atoms with van der Waals surface area (Å²) in [5.74, 6) is 0.416. The minimum atomic E-state index is -2.12. The first-order valence-corrected chi connectivity index (χ1v) is 4.83. The predicted octanol–water partition coefficient (Wildman–Crippen LogP) is 0.547. The van der Waals surface area contributed by atoms with Gasteiger partial charge < -0.3 is 9.72 Å². The molecule has 7 heteroatoms. The molecule has 0 saturated carbocycles. The van der Waals surface area contributed by atoms with Gasteiger partial charge in [-0.3, -0.25) is 4.55 Å². The van der Waals surface area contributed by atoms with Crippen LogP contribution in [-0.4, -0.2) is 30.8 Å². The quantitative estimate of drug-likeness (QED) is 0.711. The summed E-state index contributed by atoms with van der Waals surface area (Å²) in [5.41, 5.74) is 0.963. The molecule has 1 unspecified atom stereocenters. The Kier molecular flexibility index (Phi) is 2.18. The Morgan fingerprint density at radius 3 is 2.93 bits per heavy atom. The molecule has 74 valence electrons. The van der Waals surface area contributed by atoms with Crippen molar-refractivity contribution < 1.29 is 13.5 Å². The summed E-state index contributed by atoms with van der Waals surface area (Å²) >= 11 is -2.12. The summed E-state index contributed by atoms with van der Waals surface area (Å²) in [4.78, 5) is 10.5. The average Bonchev–Trinajstić information content (AvgIpc) is 2.59. The maximum absolute atomic E-state index is 10.7. The van der Waals surface area contributed by atoms with Crippen molar-refractivity contribution in [2.24, 2.45) is 0 Å². The Labute approximate surface area is 81.6 Å². The fourth-order valence-corrected chi connectivity index (χ4v) is 1.41. The third-order valence-corrected chi connectivity index (χ3v) is 2.20. The summed E-state index contributed by atoms with van der Waals surface area (Å²) in [6, 6.07) is 3.33. The molecule has 0 bridgehead atoms. The predicted molar refractivity (Wildman–Crippen MR) is 49.5 cm³/mol. The van der Waals surface area contributed by atoms with E-state index in [1.54, 1.807) is 12.1 Å². The second kappa shape index (κ2) is 3.35. The molecule has 2 aromatic heterocycles. The Bertz CT molecular complexity index is 496. The SMILES string of the molecule is COc1ccc2[nH]c(S(=O)O)nc2n1. The summed E-state index contributed by atoms with van der Waals surface area (Å²) < 4.78 is 24.3. The van der Waals surface area contributed by atoms with Crippen LogP contribution in [-0.2, 0) is 11.1 Å². The van der Waals surface area contributed by atoms with Crippen LogP contribution in [0, 0.1) is 0 Å². The topological polar surface area (TPSA) is 88.1 Å². The van der Waals surface area contributed by atoms with Crippen molar-refractivity contribution >= 4 is 22.2 Å². The molecule has 0 aliphatic heterocycles. The zero-order chi connectivity index (χ0) is 10.1. The molecule has 2 aromatic rings. The molecule has 0 aromatic carbocycles. The van der Waals surface area contributed by atoms with Crippen LogP contribution in [0.5, 0.6) is 5.88 Å². The number of hydrogen-bond acceptors (Lipinski definition) is 4. The van der Waals surface area contributed by atoms with Crippen LogP contribution in [0.15, 0.2) is 17.3 Å². The zero-order valence-corrected chi connectivity index (χ0v) is 8.04. The van der Waals surface area contributed by atoms with Gasteiger partial charge in [0.1, 0.15) is 0 Å². The number of ether oxygens (including phenoxy) is 1. The third-order valence-electron chi connectivity index (χ3n) is 1.67. The highest BCUT2D eigenvalue weighted by molar-refractivity contribution is 7.79. The molecule has 0 aliphatic rings. The number of imidazole rings is 1. The molecular weight excluding hydrogens is 206 g/mol. The number of hydrogen-bond donors (Lipinski definition) is 2. The maximum atomic E-state index is 10.7. The first kappa shape index (κ1) is 9.10. The summed E-state index contributed by atoms with van der Waals surface area (Å²) in [6.45, 7) is 0. The lowest BCUT2D eigenvalue weighted by Crippen LogP contribution is -1.89. The minimum absolute atomic E-state index is 0.0132. The molecule has 0 fully saturated rings. The third kappa shape index (κ3) is 1.47. The summed E-state index contributed by atoms with van der Waals surface area (Å²) in [7, 11) is 1.49. The monoisotopic (exact) mass is 213 g/mol. The van der Waals surface area contributed by atoms with Gasteiger partial charge in [0.15, 0.2) is 5.65 Å². The van der Waals surface area contributed by atoms with Crippen molar-refractivity contribution in [3.8, 4) is 5.88 Å². The van der Waals surface area contributed by atoms with Crippen LogP contribution in [0.3, 0.4) is 0 Å². The zero-order valence-electron chi connectivity index (χ0n) is 7.22. The number of methoxy groups -OCH3 is 1. The molecule has 14 heavy (non-hydrogen) atoms. The standard InChI is InChI=1S/C7H7N3O3S/c1-13-5-3-2-4-6(9-5)10-7(8-4)14(11)12/h2-3H,1H3,(H,11,12)(H,8,9,10). The van der Waals surface area contributed by atoms with Crippen molar-refractivity contribution in [2.45, 2.75) is 5.16 Å².